The van der Waals surface area contributed by atoms with Crippen molar-refractivity contribution in [1.82, 2.24) is 9.80 Å². The molecule has 20 heavy (non-hydrogen) atoms. The molecule has 6 nitrogen and oxygen atoms in total. The third-order valence-corrected chi connectivity index (χ3v) is 3.92. The molecule has 0 radical (unpaired) electrons. The second-order valence-corrected chi connectivity index (χ2v) is 5.34. The van der Waals surface area contributed by atoms with Crippen molar-refractivity contribution in [1.29, 1.82) is 0 Å². The average molecular weight is 282 g/mol. The molecular formula is C14H22N2O4. The van der Waals surface area contributed by atoms with E-state index in [4.69, 9.17) is 9.84 Å². The Kier molecular flexibility index (Phi) is 5.14. The van der Waals surface area contributed by atoms with E-state index in [9.17, 15) is 9.59 Å². The lowest BCUT2D eigenvalue weighted by Crippen LogP contribution is -2.50. The smallest absolute Gasteiger partial charge is 0.305 e. The Bertz CT molecular complexity index is 408. The predicted octanol–water partition coefficient (Wildman–Crippen LogP) is 0.688. The predicted molar refractivity (Wildman–Crippen MR) is 73.1 cm³/mol. The van der Waals surface area contributed by atoms with E-state index in [0.29, 0.717) is 19.8 Å². The summed E-state index contributed by atoms with van der Waals surface area (Å²) in [4.78, 5) is 26.8. The molecule has 1 aliphatic carbocycles. The standard InChI is InChI=1S/C14H22N2O4/c1-15(11-4-2-3-5-11)13(17)9-16-6-7-20-10-12(16)8-14(18)19/h4,12H,2-3,5-10H2,1H3,(H,18,19). The summed E-state index contributed by atoms with van der Waals surface area (Å²) < 4.78 is 5.31. The minimum Gasteiger partial charge on any atom is -0.481 e. The van der Waals surface area contributed by atoms with Crippen LogP contribution in [-0.4, -0.2) is 66.2 Å². The maximum absolute atomic E-state index is 12.3. The Morgan fingerprint density at radius 3 is 3.00 bits per heavy atom. The third kappa shape index (κ3) is 3.80. The number of carbonyl (C=O) groups is 2. The maximum Gasteiger partial charge on any atom is 0.305 e. The number of carboxylic acid groups (broad SMARTS) is 1. The van der Waals surface area contributed by atoms with Crippen LogP contribution in [0.15, 0.2) is 11.8 Å². The van der Waals surface area contributed by atoms with Crippen LogP contribution < -0.4 is 0 Å². The number of ether oxygens (including phenoxy) is 1. The summed E-state index contributed by atoms with van der Waals surface area (Å²) in [6.45, 7) is 1.80. The zero-order valence-corrected chi connectivity index (χ0v) is 11.9. The van der Waals surface area contributed by atoms with Gasteiger partial charge in [-0.25, -0.2) is 0 Å². The largest absolute Gasteiger partial charge is 0.481 e. The zero-order valence-electron chi connectivity index (χ0n) is 11.9. The fourth-order valence-corrected chi connectivity index (χ4v) is 2.69. The Balaban J connectivity index is 1.92. The Morgan fingerprint density at radius 2 is 2.35 bits per heavy atom. The lowest BCUT2D eigenvalue weighted by atomic mass is 10.1. The number of hydrogen-bond donors (Lipinski definition) is 1. The van der Waals surface area contributed by atoms with Crippen LogP contribution in [0.2, 0.25) is 0 Å². The number of allylic oxidation sites excluding steroid dienone is 2. The summed E-state index contributed by atoms with van der Waals surface area (Å²) in [5.74, 6) is -0.833. The molecule has 1 unspecified atom stereocenters. The van der Waals surface area contributed by atoms with Gasteiger partial charge in [-0.2, -0.15) is 0 Å². The van der Waals surface area contributed by atoms with Crippen LogP contribution in [0.5, 0.6) is 0 Å². The first kappa shape index (κ1) is 15.0. The molecule has 0 aromatic carbocycles. The highest BCUT2D eigenvalue weighted by atomic mass is 16.5. The SMILES string of the molecule is CN(C(=O)CN1CCOCC1CC(=O)O)C1=CCCC1. The summed E-state index contributed by atoms with van der Waals surface area (Å²) in [5.41, 5.74) is 1.08. The highest BCUT2D eigenvalue weighted by molar-refractivity contribution is 5.80. The van der Waals surface area contributed by atoms with Crippen molar-refractivity contribution < 1.29 is 19.4 Å². The summed E-state index contributed by atoms with van der Waals surface area (Å²) in [6.07, 6.45) is 5.20. The number of morpholine rings is 1. The Hall–Kier alpha value is -1.40. The second-order valence-electron chi connectivity index (χ2n) is 5.34. The molecule has 1 heterocycles. The second kappa shape index (κ2) is 6.85. The zero-order chi connectivity index (χ0) is 14.5. The molecule has 1 fully saturated rings. The van der Waals surface area contributed by atoms with Gasteiger partial charge in [0.2, 0.25) is 5.91 Å². The molecule has 1 saturated heterocycles. The van der Waals surface area contributed by atoms with Crippen LogP contribution >= 0.6 is 0 Å². The minimum atomic E-state index is -0.857. The molecule has 1 N–H and O–H groups in total. The number of rotatable bonds is 5. The van der Waals surface area contributed by atoms with E-state index in [1.165, 1.54) is 0 Å². The molecule has 0 aromatic rings. The van der Waals surface area contributed by atoms with Crippen molar-refractivity contribution in [2.45, 2.75) is 31.7 Å². The maximum atomic E-state index is 12.3. The fraction of sp³-hybridized carbons (Fsp3) is 0.714. The van der Waals surface area contributed by atoms with Crippen LogP contribution in [0.25, 0.3) is 0 Å². The van der Waals surface area contributed by atoms with E-state index in [2.05, 4.69) is 6.08 Å². The Morgan fingerprint density at radius 1 is 1.55 bits per heavy atom. The summed E-state index contributed by atoms with van der Waals surface area (Å²) in [5, 5.41) is 8.91. The highest BCUT2D eigenvalue weighted by Crippen LogP contribution is 2.21. The van der Waals surface area contributed by atoms with Crippen molar-refractivity contribution in [3.63, 3.8) is 0 Å². The third-order valence-electron chi connectivity index (χ3n) is 3.92. The van der Waals surface area contributed by atoms with E-state index in [1.807, 2.05) is 4.90 Å². The molecular weight excluding hydrogens is 260 g/mol. The van der Waals surface area contributed by atoms with E-state index in [0.717, 1.165) is 25.0 Å². The van der Waals surface area contributed by atoms with Crippen molar-refractivity contribution in [3.05, 3.63) is 11.8 Å². The number of aliphatic carboxylic acids is 1. The molecule has 1 aliphatic heterocycles. The van der Waals surface area contributed by atoms with Gasteiger partial charge in [0.25, 0.3) is 0 Å². The van der Waals surface area contributed by atoms with Crippen molar-refractivity contribution in [3.8, 4) is 0 Å². The lowest BCUT2D eigenvalue weighted by molar-refractivity contribution is -0.142. The van der Waals surface area contributed by atoms with Gasteiger partial charge in [0.15, 0.2) is 0 Å². The van der Waals surface area contributed by atoms with Crippen molar-refractivity contribution in [2.75, 3.05) is 33.4 Å². The number of hydrogen-bond acceptors (Lipinski definition) is 4. The van der Waals surface area contributed by atoms with E-state index in [1.54, 1.807) is 11.9 Å². The normalized spacial score (nSPS) is 23.4. The first-order valence-electron chi connectivity index (χ1n) is 7.07. The molecule has 0 bridgehead atoms. The molecule has 2 rings (SSSR count). The fourth-order valence-electron chi connectivity index (χ4n) is 2.69. The van der Waals surface area contributed by atoms with Gasteiger partial charge in [-0.1, -0.05) is 6.08 Å². The molecule has 112 valence electrons. The lowest BCUT2D eigenvalue weighted by Gasteiger charge is -2.35. The summed E-state index contributed by atoms with van der Waals surface area (Å²) in [6, 6.07) is -0.212. The van der Waals surface area contributed by atoms with Crippen LogP contribution in [0, 0.1) is 0 Å². The molecule has 6 heteroatoms. The van der Waals surface area contributed by atoms with Crippen molar-refractivity contribution >= 4 is 11.9 Å². The molecule has 0 saturated carbocycles. The van der Waals surface area contributed by atoms with Gasteiger partial charge >= 0.3 is 5.97 Å². The van der Waals surface area contributed by atoms with Gasteiger partial charge in [0.05, 0.1) is 26.2 Å². The summed E-state index contributed by atoms with van der Waals surface area (Å²) >= 11 is 0. The Labute approximate surface area is 119 Å². The number of nitrogens with zero attached hydrogens (tertiary/aromatic N) is 2. The topological polar surface area (TPSA) is 70.1 Å². The van der Waals surface area contributed by atoms with Gasteiger partial charge in [-0.05, 0) is 19.3 Å². The van der Waals surface area contributed by atoms with E-state index < -0.39 is 5.97 Å². The number of carbonyl (C=O) groups excluding carboxylic acids is 1. The summed E-state index contributed by atoms with van der Waals surface area (Å²) in [7, 11) is 1.80. The van der Waals surface area contributed by atoms with Crippen LogP contribution in [0.4, 0.5) is 0 Å². The van der Waals surface area contributed by atoms with Crippen molar-refractivity contribution in [2.24, 2.45) is 0 Å². The average Bonchev–Trinajstić information content (AvgIpc) is 2.93. The first-order chi connectivity index (χ1) is 9.58. The van der Waals surface area contributed by atoms with Gasteiger partial charge in [0.1, 0.15) is 0 Å². The molecule has 1 atom stereocenters. The van der Waals surface area contributed by atoms with Crippen LogP contribution in [0.3, 0.4) is 0 Å². The van der Waals surface area contributed by atoms with Gasteiger partial charge in [0, 0.05) is 25.3 Å². The molecule has 2 aliphatic rings. The minimum absolute atomic E-state index is 0.0136. The van der Waals surface area contributed by atoms with Crippen LogP contribution in [-0.2, 0) is 14.3 Å². The molecule has 0 spiro atoms. The van der Waals surface area contributed by atoms with Gasteiger partial charge in [-0.3, -0.25) is 14.5 Å². The molecule has 0 aromatic heterocycles. The van der Waals surface area contributed by atoms with Gasteiger partial charge in [-0.15, -0.1) is 0 Å². The molecule has 1 amide bonds. The highest BCUT2D eigenvalue weighted by Gasteiger charge is 2.28. The van der Waals surface area contributed by atoms with Gasteiger partial charge < -0.3 is 14.7 Å². The van der Waals surface area contributed by atoms with E-state index >= 15 is 0 Å². The number of amides is 1. The van der Waals surface area contributed by atoms with E-state index in [-0.39, 0.29) is 24.9 Å². The monoisotopic (exact) mass is 282 g/mol. The first-order valence-corrected chi connectivity index (χ1v) is 7.07. The number of likely N-dealkylation sites (N-methyl/N-ethyl adjacent to an activating group) is 1. The number of carboxylic acids is 1. The van der Waals surface area contributed by atoms with Crippen LogP contribution in [0.1, 0.15) is 25.7 Å². The quantitative estimate of drug-likeness (QED) is 0.803.